The first-order chi connectivity index (χ1) is 10.3. The van der Waals surface area contributed by atoms with E-state index in [-0.39, 0.29) is 0 Å². The van der Waals surface area contributed by atoms with E-state index in [9.17, 15) is 0 Å². The van der Waals surface area contributed by atoms with Crippen LogP contribution in [0, 0.1) is 6.92 Å². The van der Waals surface area contributed by atoms with Gasteiger partial charge < -0.3 is 10.3 Å². The average Bonchev–Trinajstić information content (AvgIpc) is 2.96. The maximum absolute atomic E-state index is 4.59. The van der Waals surface area contributed by atoms with Crippen molar-refractivity contribution in [3.63, 3.8) is 0 Å². The zero-order valence-corrected chi connectivity index (χ0v) is 11.5. The van der Waals surface area contributed by atoms with Gasteiger partial charge in [-0.05, 0) is 30.7 Å². The number of fused-ring (bicyclic) bond motifs is 2. The highest BCUT2D eigenvalue weighted by Crippen LogP contribution is 2.21. The van der Waals surface area contributed by atoms with E-state index >= 15 is 0 Å². The van der Waals surface area contributed by atoms with E-state index in [2.05, 4.69) is 38.2 Å². The third-order valence-electron chi connectivity index (χ3n) is 3.49. The van der Waals surface area contributed by atoms with Gasteiger partial charge in [-0.15, -0.1) is 0 Å². The maximum atomic E-state index is 4.59. The van der Waals surface area contributed by atoms with Crippen molar-refractivity contribution in [3.8, 4) is 0 Å². The molecule has 4 aromatic rings. The number of benzene rings is 2. The fraction of sp³-hybridized carbons (Fsp3) is 0.0625. The molecule has 0 unspecified atom stereocenters. The van der Waals surface area contributed by atoms with Crippen molar-refractivity contribution < 1.29 is 0 Å². The summed E-state index contributed by atoms with van der Waals surface area (Å²) in [6.07, 6.45) is 3.52. The van der Waals surface area contributed by atoms with E-state index in [0.29, 0.717) is 5.95 Å². The van der Waals surface area contributed by atoms with E-state index in [1.807, 2.05) is 36.5 Å². The first kappa shape index (κ1) is 11.8. The molecule has 2 aromatic heterocycles. The molecule has 0 radical (unpaired) electrons. The largest absolute Gasteiger partial charge is 0.345 e. The van der Waals surface area contributed by atoms with Gasteiger partial charge in [0.15, 0.2) is 0 Å². The Balaban J connectivity index is 1.74. The Kier molecular flexibility index (Phi) is 2.57. The molecule has 0 amide bonds. The summed E-state index contributed by atoms with van der Waals surface area (Å²) in [5.41, 5.74) is 4.96. The van der Waals surface area contributed by atoms with Gasteiger partial charge in [0.2, 0.25) is 5.95 Å². The van der Waals surface area contributed by atoms with Crippen LogP contribution in [0.5, 0.6) is 0 Å². The highest BCUT2D eigenvalue weighted by atomic mass is 15.1. The number of aryl methyl sites for hydroxylation is 1. The molecule has 2 N–H and O–H groups in total. The molecule has 0 spiro atoms. The zero-order chi connectivity index (χ0) is 14.2. The molecule has 0 fully saturated rings. The van der Waals surface area contributed by atoms with Crippen LogP contribution in [0.15, 0.2) is 48.9 Å². The van der Waals surface area contributed by atoms with E-state index in [1.165, 1.54) is 0 Å². The summed E-state index contributed by atoms with van der Waals surface area (Å²) in [4.78, 5) is 16.2. The number of aromatic nitrogens is 4. The minimum Gasteiger partial charge on any atom is -0.345 e. The number of imidazole rings is 1. The highest BCUT2D eigenvalue weighted by molar-refractivity contribution is 5.83. The summed E-state index contributed by atoms with van der Waals surface area (Å²) in [7, 11) is 0. The number of nitrogens with zero attached hydrogens (tertiary/aromatic N) is 3. The van der Waals surface area contributed by atoms with E-state index < -0.39 is 0 Å². The Morgan fingerprint density at radius 3 is 3.00 bits per heavy atom. The normalized spacial score (nSPS) is 11.1. The molecule has 4 rings (SSSR count). The molecule has 2 aromatic carbocycles. The molecule has 0 bridgehead atoms. The number of nitrogens with one attached hydrogen (secondary N) is 2. The van der Waals surface area contributed by atoms with Crippen LogP contribution < -0.4 is 5.32 Å². The van der Waals surface area contributed by atoms with Crippen LogP contribution in [0.3, 0.4) is 0 Å². The Morgan fingerprint density at radius 2 is 2.05 bits per heavy atom. The smallest absolute Gasteiger partial charge is 0.227 e. The van der Waals surface area contributed by atoms with Crippen molar-refractivity contribution in [1.29, 1.82) is 0 Å². The van der Waals surface area contributed by atoms with Gasteiger partial charge in [0.05, 0.1) is 22.9 Å². The van der Waals surface area contributed by atoms with Crippen LogP contribution >= 0.6 is 0 Å². The number of rotatable bonds is 2. The van der Waals surface area contributed by atoms with Crippen LogP contribution in [-0.4, -0.2) is 19.9 Å². The number of hydrogen-bond donors (Lipinski definition) is 2. The van der Waals surface area contributed by atoms with Crippen molar-refractivity contribution >= 4 is 33.6 Å². The standard InChI is InChI=1S/C16H13N5/c1-10-3-2-4-11-8-17-16(21-15(10)11)20-12-5-6-13-14(7-12)19-9-18-13/h2-9H,1H3,(H,18,19)(H,17,20,21). The van der Waals surface area contributed by atoms with Gasteiger partial charge in [0.25, 0.3) is 0 Å². The zero-order valence-electron chi connectivity index (χ0n) is 11.5. The number of H-pyrrole nitrogens is 1. The third kappa shape index (κ3) is 2.08. The van der Waals surface area contributed by atoms with Gasteiger partial charge in [-0.1, -0.05) is 18.2 Å². The summed E-state index contributed by atoms with van der Waals surface area (Å²) < 4.78 is 0. The molecule has 0 aliphatic heterocycles. The highest BCUT2D eigenvalue weighted by Gasteiger charge is 2.04. The minimum absolute atomic E-state index is 0.593. The van der Waals surface area contributed by atoms with E-state index in [4.69, 9.17) is 0 Å². The van der Waals surface area contributed by atoms with E-state index in [1.54, 1.807) is 6.33 Å². The number of anilines is 2. The molecule has 2 heterocycles. The molecule has 0 atom stereocenters. The molecule has 21 heavy (non-hydrogen) atoms. The maximum Gasteiger partial charge on any atom is 0.227 e. The second-order valence-electron chi connectivity index (χ2n) is 4.97. The summed E-state index contributed by atoms with van der Waals surface area (Å²) in [5.74, 6) is 0.593. The average molecular weight is 275 g/mol. The van der Waals surface area contributed by atoms with Crippen LogP contribution in [0.2, 0.25) is 0 Å². The van der Waals surface area contributed by atoms with Gasteiger partial charge in [-0.2, -0.15) is 0 Å². The summed E-state index contributed by atoms with van der Waals surface area (Å²) >= 11 is 0. The van der Waals surface area contributed by atoms with Gasteiger partial charge in [0.1, 0.15) is 0 Å². The van der Waals surface area contributed by atoms with Crippen molar-refractivity contribution in [2.75, 3.05) is 5.32 Å². The summed E-state index contributed by atoms with van der Waals surface area (Å²) in [6, 6.07) is 12.0. The van der Waals surface area contributed by atoms with E-state index in [0.717, 1.165) is 33.2 Å². The first-order valence-corrected chi connectivity index (χ1v) is 6.72. The van der Waals surface area contributed by atoms with Gasteiger partial charge >= 0.3 is 0 Å². The fourth-order valence-electron chi connectivity index (χ4n) is 2.41. The molecule has 0 aliphatic carbocycles. The van der Waals surface area contributed by atoms with Crippen LogP contribution in [-0.2, 0) is 0 Å². The molecule has 5 nitrogen and oxygen atoms in total. The van der Waals surface area contributed by atoms with Gasteiger partial charge in [-0.25, -0.2) is 15.0 Å². The third-order valence-corrected chi connectivity index (χ3v) is 3.49. The van der Waals surface area contributed by atoms with Crippen molar-refractivity contribution in [2.45, 2.75) is 6.92 Å². The predicted molar refractivity (Wildman–Crippen MR) is 83.7 cm³/mol. The fourth-order valence-corrected chi connectivity index (χ4v) is 2.41. The lowest BCUT2D eigenvalue weighted by atomic mass is 10.1. The SMILES string of the molecule is Cc1cccc2cnc(Nc3ccc4nc[nH]c4c3)nc12. The van der Waals surface area contributed by atoms with Crippen molar-refractivity contribution in [3.05, 3.63) is 54.5 Å². The predicted octanol–water partition coefficient (Wildman–Crippen LogP) is 3.56. The molecular weight excluding hydrogens is 262 g/mol. The Labute approximate surface area is 121 Å². The molecule has 0 saturated heterocycles. The van der Waals surface area contributed by atoms with Gasteiger partial charge in [-0.3, -0.25) is 0 Å². The molecular formula is C16H13N5. The van der Waals surface area contributed by atoms with Crippen molar-refractivity contribution in [1.82, 2.24) is 19.9 Å². The second-order valence-corrected chi connectivity index (χ2v) is 4.97. The molecule has 0 aliphatic rings. The lowest BCUT2D eigenvalue weighted by Gasteiger charge is -2.07. The number of aromatic amines is 1. The minimum atomic E-state index is 0.593. The number of hydrogen-bond acceptors (Lipinski definition) is 4. The molecule has 0 saturated carbocycles. The Morgan fingerprint density at radius 1 is 1.10 bits per heavy atom. The van der Waals surface area contributed by atoms with Gasteiger partial charge in [0, 0.05) is 17.3 Å². The number of para-hydroxylation sites is 1. The van der Waals surface area contributed by atoms with Crippen LogP contribution in [0.1, 0.15) is 5.56 Å². The summed E-state index contributed by atoms with van der Waals surface area (Å²) in [6.45, 7) is 2.05. The second kappa shape index (κ2) is 4.56. The Bertz CT molecular complexity index is 942. The summed E-state index contributed by atoms with van der Waals surface area (Å²) in [5, 5.41) is 4.28. The topological polar surface area (TPSA) is 66.5 Å². The van der Waals surface area contributed by atoms with Crippen LogP contribution in [0.4, 0.5) is 11.6 Å². The lowest BCUT2D eigenvalue weighted by molar-refractivity contribution is 1.20. The van der Waals surface area contributed by atoms with Crippen LogP contribution in [0.25, 0.3) is 21.9 Å². The molecule has 102 valence electrons. The molecule has 5 heteroatoms. The monoisotopic (exact) mass is 275 g/mol. The quantitative estimate of drug-likeness (QED) is 0.587. The first-order valence-electron chi connectivity index (χ1n) is 6.72. The Hall–Kier alpha value is -2.95. The van der Waals surface area contributed by atoms with Crippen molar-refractivity contribution in [2.24, 2.45) is 0 Å². The lowest BCUT2D eigenvalue weighted by Crippen LogP contribution is -1.97.